The summed E-state index contributed by atoms with van der Waals surface area (Å²) in [6, 6.07) is 13.6. The topological polar surface area (TPSA) is 199 Å². The van der Waals surface area contributed by atoms with E-state index >= 15 is 0 Å². The molecule has 0 aromatic heterocycles. The fraction of sp³-hybridized carbons (Fsp3) is 0.393. The van der Waals surface area contributed by atoms with Crippen LogP contribution in [0.5, 0.6) is 0 Å². The van der Waals surface area contributed by atoms with Gasteiger partial charge in [0.05, 0.1) is 28.7 Å². The second kappa shape index (κ2) is 14.2. The monoisotopic (exact) mass is 602 g/mol. The molecule has 0 bridgehead atoms. The summed E-state index contributed by atoms with van der Waals surface area (Å²) < 4.78 is 31.2. The number of carbonyl (C=O) groups is 5. The van der Waals surface area contributed by atoms with Gasteiger partial charge in [-0.1, -0.05) is 56.3 Å². The van der Waals surface area contributed by atoms with Gasteiger partial charge in [-0.2, -0.15) is 8.42 Å². The van der Waals surface area contributed by atoms with Crippen LogP contribution in [0.25, 0.3) is 0 Å². The first-order chi connectivity index (χ1) is 19.8. The molecule has 1 heterocycles. The highest BCUT2D eigenvalue weighted by Gasteiger charge is 2.42. The van der Waals surface area contributed by atoms with Gasteiger partial charge >= 0.3 is 0 Å². The Labute approximate surface area is 243 Å². The van der Waals surface area contributed by atoms with Crippen LogP contribution in [0.3, 0.4) is 0 Å². The van der Waals surface area contributed by atoms with Gasteiger partial charge in [-0.05, 0) is 30.0 Å². The summed E-state index contributed by atoms with van der Waals surface area (Å²) in [5, 5.41) is 14.5. The maximum atomic E-state index is 13.8. The average molecular weight is 603 g/mol. The Morgan fingerprint density at radius 1 is 0.857 bits per heavy atom. The SMILES string of the molecule is CC(C)CC(C(=O)NC(Cc1ccccc1)C(=O)NCCS(=O)(=O)O)C(CN1C(=O)c2ccccc2C1=O)C(=O)NO. The zero-order valence-corrected chi connectivity index (χ0v) is 24.0. The zero-order chi connectivity index (χ0) is 31.0. The van der Waals surface area contributed by atoms with Gasteiger partial charge in [0.1, 0.15) is 6.04 Å². The van der Waals surface area contributed by atoms with Crippen LogP contribution in [-0.2, 0) is 30.9 Å². The van der Waals surface area contributed by atoms with Crippen LogP contribution in [0.2, 0.25) is 0 Å². The van der Waals surface area contributed by atoms with Crippen molar-refractivity contribution in [3.63, 3.8) is 0 Å². The molecule has 13 nitrogen and oxygen atoms in total. The zero-order valence-electron chi connectivity index (χ0n) is 23.1. The molecule has 3 atom stereocenters. The summed E-state index contributed by atoms with van der Waals surface area (Å²) in [5.41, 5.74) is 2.50. The van der Waals surface area contributed by atoms with E-state index in [9.17, 15) is 37.6 Å². The van der Waals surface area contributed by atoms with Crippen LogP contribution in [0.15, 0.2) is 54.6 Å². The third-order valence-corrected chi connectivity index (χ3v) is 7.55. The molecule has 5 N–H and O–H groups in total. The molecule has 42 heavy (non-hydrogen) atoms. The number of hydroxylamine groups is 1. The first-order valence-electron chi connectivity index (χ1n) is 13.3. The van der Waals surface area contributed by atoms with E-state index in [0.29, 0.717) is 5.56 Å². The Balaban J connectivity index is 1.89. The normalized spacial score (nSPS) is 15.1. The summed E-state index contributed by atoms with van der Waals surface area (Å²) >= 11 is 0. The summed E-state index contributed by atoms with van der Waals surface area (Å²) in [4.78, 5) is 66.6. The third kappa shape index (κ3) is 8.44. The number of hydrogen-bond acceptors (Lipinski definition) is 8. The van der Waals surface area contributed by atoms with E-state index in [4.69, 9.17) is 4.55 Å². The maximum absolute atomic E-state index is 13.8. The Morgan fingerprint density at radius 3 is 1.95 bits per heavy atom. The number of nitrogens with zero attached hydrogens (tertiary/aromatic N) is 1. The lowest BCUT2D eigenvalue weighted by Crippen LogP contribution is -2.53. The van der Waals surface area contributed by atoms with Crippen molar-refractivity contribution in [3.8, 4) is 0 Å². The first kappa shape index (κ1) is 32.4. The Hall–Kier alpha value is -4.14. The van der Waals surface area contributed by atoms with Crippen molar-refractivity contribution in [1.29, 1.82) is 0 Å². The minimum Gasteiger partial charge on any atom is -0.353 e. The van der Waals surface area contributed by atoms with Crippen LogP contribution in [0, 0.1) is 17.8 Å². The van der Waals surface area contributed by atoms with Crippen molar-refractivity contribution < 1.29 is 42.2 Å². The predicted octanol–water partition coefficient (Wildman–Crippen LogP) is 0.798. The number of rotatable bonds is 14. The second-order valence-electron chi connectivity index (χ2n) is 10.4. The van der Waals surface area contributed by atoms with Crippen LogP contribution < -0.4 is 16.1 Å². The van der Waals surface area contributed by atoms with Crippen LogP contribution >= 0.6 is 0 Å². The highest BCUT2D eigenvalue weighted by Crippen LogP contribution is 2.28. The number of imide groups is 1. The molecule has 14 heteroatoms. The van der Waals surface area contributed by atoms with E-state index in [-0.39, 0.29) is 29.9 Å². The fourth-order valence-corrected chi connectivity index (χ4v) is 5.16. The van der Waals surface area contributed by atoms with Gasteiger partial charge < -0.3 is 10.6 Å². The van der Waals surface area contributed by atoms with Crippen LogP contribution in [0.1, 0.15) is 46.5 Å². The Kier molecular flexibility index (Phi) is 10.9. The number of benzene rings is 2. The maximum Gasteiger partial charge on any atom is 0.266 e. The van der Waals surface area contributed by atoms with E-state index in [1.165, 1.54) is 17.6 Å². The molecule has 0 fully saturated rings. The van der Waals surface area contributed by atoms with Crippen molar-refractivity contribution in [2.45, 2.75) is 32.7 Å². The minimum atomic E-state index is -4.35. The van der Waals surface area contributed by atoms with Gasteiger partial charge in [0.2, 0.25) is 17.7 Å². The summed E-state index contributed by atoms with van der Waals surface area (Å²) in [6.45, 7) is 2.66. The highest BCUT2D eigenvalue weighted by atomic mass is 32.2. The molecule has 0 radical (unpaired) electrons. The lowest BCUT2D eigenvalue weighted by Gasteiger charge is -2.30. The number of amides is 5. The first-order valence-corrected chi connectivity index (χ1v) is 14.9. The second-order valence-corrected chi connectivity index (χ2v) is 12.0. The van der Waals surface area contributed by atoms with Gasteiger partial charge in [0.15, 0.2) is 0 Å². The van der Waals surface area contributed by atoms with Gasteiger partial charge in [-0.25, -0.2) is 5.48 Å². The Bertz CT molecular complexity index is 1390. The summed E-state index contributed by atoms with van der Waals surface area (Å²) in [6.07, 6.45) is 0.101. The molecule has 226 valence electrons. The van der Waals surface area contributed by atoms with Crippen molar-refractivity contribution in [3.05, 3.63) is 71.3 Å². The molecule has 3 unspecified atom stereocenters. The van der Waals surface area contributed by atoms with Crippen LogP contribution in [0.4, 0.5) is 0 Å². The average Bonchev–Trinajstić information content (AvgIpc) is 3.18. The van der Waals surface area contributed by atoms with E-state index in [1.807, 2.05) is 0 Å². The molecular formula is C28H34N4O9S. The minimum absolute atomic E-state index is 0.00789. The van der Waals surface area contributed by atoms with Crippen molar-refractivity contribution in [2.75, 3.05) is 18.8 Å². The van der Waals surface area contributed by atoms with Gasteiger partial charge in [0.25, 0.3) is 21.9 Å². The summed E-state index contributed by atoms with van der Waals surface area (Å²) in [5.74, 6) is -7.23. The molecule has 0 aliphatic carbocycles. The fourth-order valence-electron chi connectivity index (χ4n) is 4.80. The predicted molar refractivity (Wildman–Crippen MR) is 150 cm³/mol. The molecule has 1 aliphatic rings. The molecule has 5 amide bonds. The quantitative estimate of drug-likeness (QED) is 0.0898. The molecular weight excluding hydrogens is 568 g/mol. The Morgan fingerprint density at radius 2 is 1.43 bits per heavy atom. The third-order valence-electron chi connectivity index (χ3n) is 6.83. The van der Waals surface area contributed by atoms with E-state index < -0.39 is 76.4 Å². The molecule has 2 aromatic carbocycles. The van der Waals surface area contributed by atoms with Crippen LogP contribution in [-0.4, -0.2) is 77.5 Å². The highest BCUT2D eigenvalue weighted by molar-refractivity contribution is 7.85. The van der Waals surface area contributed by atoms with E-state index in [0.717, 1.165) is 4.90 Å². The molecule has 0 spiro atoms. The standard InChI is InChI=1S/C28H34N4O9S/c1-17(2)14-21(22(25(34)31-38)16-32-27(36)19-10-6-7-11-20(19)28(32)37)24(33)30-23(15-18-8-4-3-5-9-18)26(35)29-12-13-42(39,40)41/h3-11,17,21-23,38H,12-16H2,1-2H3,(H,29,35)(H,30,33)(H,31,34)(H,39,40,41). The molecule has 0 saturated carbocycles. The van der Waals surface area contributed by atoms with E-state index in [1.54, 1.807) is 56.3 Å². The lowest BCUT2D eigenvalue weighted by molar-refractivity contribution is -0.142. The molecule has 1 aliphatic heterocycles. The largest absolute Gasteiger partial charge is 0.353 e. The van der Waals surface area contributed by atoms with Crippen molar-refractivity contribution >= 4 is 39.7 Å². The molecule has 3 rings (SSSR count). The van der Waals surface area contributed by atoms with Crippen molar-refractivity contribution in [1.82, 2.24) is 21.0 Å². The molecule has 0 saturated heterocycles. The van der Waals surface area contributed by atoms with Crippen molar-refractivity contribution in [2.24, 2.45) is 17.8 Å². The number of nitrogens with one attached hydrogen (secondary N) is 3. The number of carbonyl (C=O) groups excluding carboxylic acids is 5. The molecule has 2 aromatic rings. The summed E-state index contributed by atoms with van der Waals surface area (Å²) in [7, 11) is -4.35. The van der Waals surface area contributed by atoms with Gasteiger partial charge in [-0.3, -0.25) is 38.6 Å². The smallest absolute Gasteiger partial charge is 0.266 e. The lowest BCUT2D eigenvalue weighted by atomic mass is 9.83. The van der Waals surface area contributed by atoms with Gasteiger partial charge in [-0.15, -0.1) is 0 Å². The number of fused-ring (bicyclic) bond motifs is 1. The number of hydrogen-bond donors (Lipinski definition) is 5. The van der Waals surface area contributed by atoms with E-state index in [2.05, 4.69) is 10.6 Å². The van der Waals surface area contributed by atoms with Gasteiger partial charge in [0, 0.05) is 19.5 Å².